The second-order valence-electron chi connectivity index (χ2n) is 8.44. The van der Waals surface area contributed by atoms with Crippen molar-refractivity contribution in [1.82, 2.24) is 34.8 Å². The van der Waals surface area contributed by atoms with Crippen molar-refractivity contribution in [3.8, 4) is 28.7 Å². The third kappa shape index (κ3) is 4.82. The maximum atomic E-state index is 12.6. The maximum Gasteiger partial charge on any atom is 0.272 e. The summed E-state index contributed by atoms with van der Waals surface area (Å²) in [7, 11) is 3.24. The van der Waals surface area contributed by atoms with E-state index < -0.39 is 24.5 Å². The molecule has 1 aliphatic heterocycles. The molecule has 1 unspecified atom stereocenters. The normalized spacial score (nSPS) is 17.6. The van der Waals surface area contributed by atoms with Gasteiger partial charge in [0.15, 0.2) is 12.4 Å². The third-order valence-corrected chi connectivity index (χ3v) is 5.74. The van der Waals surface area contributed by atoms with Gasteiger partial charge in [-0.25, -0.2) is 23.7 Å². The van der Waals surface area contributed by atoms with Gasteiger partial charge in [0.1, 0.15) is 11.4 Å². The van der Waals surface area contributed by atoms with E-state index in [1.807, 2.05) is 0 Å². The van der Waals surface area contributed by atoms with Crippen molar-refractivity contribution in [1.29, 1.82) is 0 Å². The average Bonchev–Trinajstić information content (AvgIpc) is 3.59. The summed E-state index contributed by atoms with van der Waals surface area (Å²) in [5.41, 5.74) is 0.308. The minimum atomic E-state index is -2.64. The number of likely N-dealkylation sites (N-methyl/N-ethyl adjacent to an activating group) is 1. The fourth-order valence-electron chi connectivity index (χ4n) is 3.88. The van der Waals surface area contributed by atoms with Crippen molar-refractivity contribution in [3.05, 3.63) is 48.5 Å². The van der Waals surface area contributed by atoms with Gasteiger partial charge >= 0.3 is 0 Å². The number of halogens is 2. The predicted molar refractivity (Wildman–Crippen MR) is 125 cm³/mol. The summed E-state index contributed by atoms with van der Waals surface area (Å²) >= 11 is 0. The van der Waals surface area contributed by atoms with Crippen LogP contribution in [0.4, 0.5) is 20.4 Å². The minimum Gasteiger partial charge on any atom is -0.469 e. The molecule has 1 aliphatic rings. The quantitative estimate of drug-likeness (QED) is 0.361. The molecule has 4 aromatic rings. The van der Waals surface area contributed by atoms with Gasteiger partial charge in [0.05, 0.1) is 23.3 Å². The number of aromatic nitrogens is 6. The SMILES string of the molecule is CN1CCC(O)(c2cc(-c3cccc(-c4ccnc(Nc5cn(C)nc5OCC(F)F)n4)n3)no2)C1=O. The Morgan fingerprint density at radius 2 is 1.95 bits per heavy atom. The molecule has 14 heteroatoms. The van der Waals surface area contributed by atoms with E-state index in [4.69, 9.17) is 9.26 Å². The van der Waals surface area contributed by atoms with E-state index in [0.29, 0.717) is 35.0 Å². The molecule has 0 radical (unpaired) electrons. The minimum absolute atomic E-state index is 0.00708. The zero-order valence-corrected chi connectivity index (χ0v) is 19.8. The number of aryl methyl sites for hydroxylation is 1. The summed E-state index contributed by atoms with van der Waals surface area (Å²) < 4.78 is 36.9. The number of nitrogens with zero attached hydrogens (tertiary/aromatic N) is 7. The first-order chi connectivity index (χ1) is 17.7. The summed E-state index contributed by atoms with van der Waals surface area (Å²) in [5.74, 6) is -0.227. The van der Waals surface area contributed by atoms with Gasteiger partial charge in [0.25, 0.3) is 18.2 Å². The Hall–Kier alpha value is -4.46. The van der Waals surface area contributed by atoms with Gasteiger partial charge in [-0.15, -0.1) is 5.10 Å². The van der Waals surface area contributed by atoms with Crippen LogP contribution in [0.5, 0.6) is 5.88 Å². The van der Waals surface area contributed by atoms with Crippen LogP contribution in [0.2, 0.25) is 0 Å². The molecule has 2 N–H and O–H groups in total. The van der Waals surface area contributed by atoms with Crippen LogP contribution >= 0.6 is 0 Å². The first-order valence-corrected chi connectivity index (χ1v) is 11.2. The second-order valence-corrected chi connectivity index (χ2v) is 8.44. The first kappa shape index (κ1) is 24.2. The molecular weight excluding hydrogens is 490 g/mol. The number of rotatable bonds is 8. The predicted octanol–water partition coefficient (Wildman–Crippen LogP) is 2.36. The van der Waals surface area contributed by atoms with Gasteiger partial charge in [0, 0.05) is 39.3 Å². The molecule has 1 amide bonds. The molecular formula is C23H22F2N8O4. The summed E-state index contributed by atoms with van der Waals surface area (Å²) in [4.78, 5) is 27.0. The first-order valence-electron chi connectivity index (χ1n) is 11.2. The number of carbonyl (C=O) groups is 1. The van der Waals surface area contributed by atoms with Gasteiger partial charge in [-0.3, -0.25) is 9.48 Å². The summed E-state index contributed by atoms with van der Waals surface area (Å²) in [5, 5.41) is 21.8. The molecule has 5 heterocycles. The highest BCUT2D eigenvalue weighted by atomic mass is 19.3. The number of carbonyl (C=O) groups excluding carboxylic acids is 1. The molecule has 5 rings (SSSR count). The fourth-order valence-corrected chi connectivity index (χ4v) is 3.88. The van der Waals surface area contributed by atoms with E-state index in [9.17, 15) is 18.7 Å². The number of amides is 1. The number of nitrogens with one attached hydrogen (secondary N) is 1. The summed E-state index contributed by atoms with van der Waals surface area (Å²) in [6.07, 6.45) is 0.628. The zero-order chi connectivity index (χ0) is 26.2. The van der Waals surface area contributed by atoms with E-state index in [2.05, 4.69) is 30.5 Å². The van der Waals surface area contributed by atoms with Crippen molar-refractivity contribution in [2.24, 2.45) is 7.05 Å². The van der Waals surface area contributed by atoms with Crippen LogP contribution < -0.4 is 10.1 Å². The molecule has 0 aromatic carbocycles. The van der Waals surface area contributed by atoms with Gasteiger partial charge in [0.2, 0.25) is 11.5 Å². The monoisotopic (exact) mass is 512 g/mol. The number of aliphatic hydroxyl groups is 1. The van der Waals surface area contributed by atoms with Crippen LogP contribution in [-0.4, -0.2) is 72.4 Å². The summed E-state index contributed by atoms with van der Waals surface area (Å²) in [6.45, 7) is -0.391. The Labute approximate surface area is 208 Å². The highest BCUT2D eigenvalue weighted by molar-refractivity contribution is 5.87. The smallest absolute Gasteiger partial charge is 0.272 e. The van der Waals surface area contributed by atoms with Crippen molar-refractivity contribution in [2.75, 3.05) is 25.5 Å². The molecule has 0 aliphatic carbocycles. The molecule has 192 valence electrons. The zero-order valence-electron chi connectivity index (χ0n) is 19.8. The molecule has 1 atom stereocenters. The van der Waals surface area contributed by atoms with Crippen LogP contribution in [-0.2, 0) is 17.4 Å². The van der Waals surface area contributed by atoms with Gasteiger partial charge in [-0.1, -0.05) is 11.2 Å². The Morgan fingerprint density at radius 1 is 1.19 bits per heavy atom. The Balaban J connectivity index is 1.38. The lowest BCUT2D eigenvalue weighted by Gasteiger charge is -2.16. The van der Waals surface area contributed by atoms with Crippen LogP contribution in [0, 0.1) is 0 Å². The molecule has 0 bridgehead atoms. The van der Waals surface area contributed by atoms with Gasteiger partial charge in [-0.05, 0) is 18.2 Å². The molecule has 1 fully saturated rings. The fraction of sp³-hybridized carbons (Fsp3) is 0.304. The van der Waals surface area contributed by atoms with E-state index in [-0.39, 0.29) is 24.0 Å². The Bertz CT molecular complexity index is 1440. The average molecular weight is 512 g/mol. The van der Waals surface area contributed by atoms with Gasteiger partial charge < -0.3 is 24.6 Å². The molecule has 1 saturated heterocycles. The van der Waals surface area contributed by atoms with Crippen LogP contribution in [0.15, 0.2) is 47.2 Å². The molecule has 37 heavy (non-hydrogen) atoms. The van der Waals surface area contributed by atoms with E-state index in [1.54, 1.807) is 44.6 Å². The van der Waals surface area contributed by atoms with E-state index in [0.717, 1.165) is 0 Å². The van der Waals surface area contributed by atoms with Crippen molar-refractivity contribution >= 4 is 17.5 Å². The molecule has 4 aromatic heterocycles. The molecule has 0 saturated carbocycles. The third-order valence-electron chi connectivity index (χ3n) is 5.74. The lowest BCUT2D eigenvalue weighted by molar-refractivity contribution is -0.144. The van der Waals surface area contributed by atoms with Crippen molar-refractivity contribution in [3.63, 3.8) is 0 Å². The van der Waals surface area contributed by atoms with Crippen LogP contribution in [0.3, 0.4) is 0 Å². The van der Waals surface area contributed by atoms with E-state index >= 15 is 0 Å². The van der Waals surface area contributed by atoms with Crippen molar-refractivity contribution < 1.29 is 27.9 Å². The highest BCUT2D eigenvalue weighted by Gasteiger charge is 2.48. The highest BCUT2D eigenvalue weighted by Crippen LogP contribution is 2.34. The lowest BCUT2D eigenvalue weighted by Crippen LogP contribution is -2.35. The summed E-state index contributed by atoms with van der Waals surface area (Å²) in [6, 6.07) is 8.35. The topological polar surface area (TPSA) is 144 Å². The number of hydrogen-bond donors (Lipinski definition) is 2. The standard InChI is InChI=1S/C23H22F2N8O4/c1-32-9-7-23(35,21(32)34)18-10-16(31-37-18)14-5-3-4-13(27-14)15-6-8-26-22(28-15)29-17-11-33(2)30-20(17)36-12-19(24)25/h3-6,8,10-11,19,35H,7,9,12H2,1-2H3,(H,26,28,29). The number of alkyl halides is 2. The number of pyridine rings is 1. The van der Waals surface area contributed by atoms with Crippen LogP contribution in [0.1, 0.15) is 12.2 Å². The number of ether oxygens (including phenoxy) is 1. The van der Waals surface area contributed by atoms with Gasteiger partial charge in [-0.2, -0.15) is 0 Å². The maximum absolute atomic E-state index is 12.6. The van der Waals surface area contributed by atoms with Crippen molar-refractivity contribution in [2.45, 2.75) is 18.4 Å². The number of likely N-dealkylation sites (tertiary alicyclic amines) is 1. The molecule has 12 nitrogen and oxygen atoms in total. The Morgan fingerprint density at radius 3 is 2.68 bits per heavy atom. The number of hydrogen-bond acceptors (Lipinski definition) is 10. The number of anilines is 2. The second kappa shape index (κ2) is 9.54. The van der Waals surface area contributed by atoms with E-state index in [1.165, 1.54) is 21.8 Å². The molecule has 0 spiro atoms. The largest absolute Gasteiger partial charge is 0.469 e. The Kier molecular flexibility index (Phi) is 6.25. The lowest BCUT2D eigenvalue weighted by atomic mass is 9.98. The van der Waals surface area contributed by atoms with Crippen LogP contribution in [0.25, 0.3) is 22.8 Å².